The highest BCUT2D eigenvalue weighted by molar-refractivity contribution is 7.10. The number of thiophene rings is 1. The quantitative estimate of drug-likeness (QED) is 0.858. The molecule has 1 atom stereocenters. The van der Waals surface area contributed by atoms with Crippen LogP contribution < -0.4 is 10.6 Å². The van der Waals surface area contributed by atoms with Gasteiger partial charge >= 0.3 is 0 Å². The number of rotatable bonds is 3. The van der Waals surface area contributed by atoms with Gasteiger partial charge in [-0.15, -0.1) is 11.3 Å². The molecule has 0 fully saturated rings. The number of benzene rings is 1. The molecular weight excluding hydrogens is 254 g/mol. The molecule has 0 saturated heterocycles. The van der Waals surface area contributed by atoms with Crippen molar-refractivity contribution in [3.8, 4) is 0 Å². The predicted octanol–water partition coefficient (Wildman–Crippen LogP) is 3.81. The molecule has 18 heavy (non-hydrogen) atoms. The Hall–Kier alpha value is -1.62. The summed E-state index contributed by atoms with van der Waals surface area (Å²) in [7, 11) is 1.77. The van der Waals surface area contributed by atoms with Crippen LogP contribution in [-0.2, 0) is 0 Å². The average molecular weight is 268 g/mol. The lowest BCUT2D eigenvalue weighted by Gasteiger charge is -2.27. The summed E-state index contributed by atoms with van der Waals surface area (Å²) < 4.78 is 26.7. The van der Waals surface area contributed by atoms with Gasteiger partial charge in [-0.2, -0.15) is 0 Å². The van der Waals surface area contributed by atoms with Gasteiger partial charge in [0.2, 0.25) is 0 Å². The van der Waals surface area contributed by atoms with E-state index >= 15 is 0 Å². The zero-order valence-corrected chi connectivity index (χ0v) is 11.0. The van der Waals surface area contributed by atoms with Gasteiger partial charge in [0.1, 0.15) is 5.82 Å². The molecule has 2 nitrogen and oxygen atoms in total. The maximum absolute atomic E-state index is 13.4. The summed E-state index contributed by atoms with van der Waals surface area (Å²) in [5.74, 6) is -1.35. The predicted molar refractivity (Wildman–Crippen MR) is 71.9 cm³/mol. The Labute approximate surface area is 109 Å². The molecule has 2 aromatic rings. The third kappa shape index (κ3) is 2.31. The van der Waals surface area contributed by atoms with Crippen LogP contribution in [0.15, 0.2) is 29.6 Å². The standard InChI is InChI=1S/C13H14F2N2S/c1-8(12-4-3-5-18-12)17(2)11-7-9(14)6-10(15)13(11)16/h3-8H,16H2,1-2H3. The maximum Gasteiger partial charge on any atom is 0.151 e. The fourth-order valence-corrected chi connectivity index (χ4v) is 2.62. The molecule has 0 aliphatic carbocycles. The minimum Gasteiger partial charge on any atom is -0.395 e. The van der Waals surface area contributed by atoms with Crippen molar-refractivity contribution in [2.75, 3.05) is 17.7 Å². The molecule has 1 heterocycles. The lowest BCUT2D eigenvalue weighted by atomic mass is 10.2. The van der Waals surface area contributed by atoms with Crippen molar-refractivity contribution in [1.29, 1.82) is 0 Å². The fraction of sp³-hybridized carbons (Fsp3) is 0.231. The van der Waals surface area contributed by atoms with Crippen LogP contribution in [0, 0.1) is 11.6 Å². The van der Waals surface area contributed by atoms with Gasteiger partial charge in [0.05, 0.1) is 17.4 Å². The summed E-state index contributed by atoms with van der Waals surface area (Å²) in [5.41, 5.74) is 6.01. The molecule has 0 saturated carbocycles. The first kappa shape index (κ1) is 12.8. The molecule has 96 valence electrons. The molecule has 0 spiro atoms. The van der Waals surface area contributed by atoms with E-state index < -0.39 is 11.6 Å². The van der Waals surface area contributed by atoms with E-state index in [1.165, 1.54) is 6.07 Å². The molecule has 1 aromatic carbocycles. The van der Waals surface area contributed by atoms with E-state index in [-0.39, 0.29) is 11.7 Å². The summed E-state index contributed by atoms with van der Waals surface area (Å²) in [6.45, 7) is 1.97. The fourth-order valence-electron chi connectivity index (χ4n) is 1.79. The van der Waals surface area contributed by atoms with Crippen molar-refractivity contribution in [2.45, 2.75) is 13.0 Å². The lowest BCUT2D eigenvalue weighted by Crippen LogP contribution is -2.22. The van der Waals surface area contributed by atoms with E-state index in [0.717, 1.165) is 10.9 Å². The van der Waals surface area contributed by atoms with Crippen molar-refractivity contribution in [3.63, 3.8) is 0 Å². The van der Waals surface area contributed by atoms with E-state index in [9.17, 15) is 8.78 Å². The van der Waals surface area contributed by atoms with Gasteiger partial charge in [-0.1, -0.05) is 6.07 Å². The van der Waals surface area contributed by atoms with E-state index in [1.807, 2.05) is 24.4 Å². The molecule has 5 heteroatoms. The van der Waals surface area contributed by atoms with Crippen LogP contribution in [0.1, 0.15) is 17.8 Å². The highest BCUT2D eigenvalue weighted by Crippen LogP contribution is 2.33. The first-order valence-electron chi connectivity index (χ1n) is 5.51. The van der Waals surface area contributed by atoms with Crippen LogP contribution >= 0.6 is 11.3 Å². The van der Waals surface area contributed by atoms with Gasteiger partial charge in [0.15, 0.2) is 5.82 Å². The van der Waals surface area contributed by atoms with Crippen LogP contribution in [-0.4, -0.2) is 7.05 Å². The number of nitrogens with zero attached hydrogens (tertiary/aromatic N) is 1. The molecule has 0 aliphatic heterocycles. The smallest absolute Gasteiger partial charge is 0.151 e. The second-order valence-corrected chi connectivity index (χ2v) is 5.10. The van der Waals surface area contributed by atoms with Gasteiger partial charge < -0.3 is 10.6 Å². The van der Waals surface area contributed by atoms with E-state index in [0.29, 0.717) is 5.69 Å². The second-order valence-electron chi connectivity index (χ2n) is 4.12. The highest BCUT2D eigenvalue weighted by Gasteiger charge is 2.18. The largest absolute Gasteiger partial charge is 0.395 e. The molecule has 1 unspecified atom stereocenters. The monoisotopic (exact) mass is 268 g/mol. The topological polar surface area (TPSA) is 29.3 Å². The Kier molecular flexibility index (Phi) is 3.52. The Morgan fingerprint density at radius 1 is 1.33 bits per heavy atom. The molecule has 0 radical (unpaired) electrons. The molecule has 2 rings (SSSR count). The van der Waals surface area contributed by atoms with Gasteiger partial charge in [0.25, 0.3) is 0 Å². The summed E-state index contributed by atoms with van der Waals surface area (Å²) in [6.07, 6.45) is 0. The molecular formula is C13H14F2N2S. The molecule has 1 aromatic heterocycles. The molecule has 0 amide bonds. The Morgan fingerprint density at radius 2 is 2.06 bits per heavy atom. The SMILES string of the molecule is CC(c1cccs1)N(C)c1cc(F)cc(F)c1N. The maximum atomic E-state index is 13.4. The van der Waals surface area contributed by atoms with E-state index in [4.69, 9.17) is 5.73 Å². The van der Waals surface area contributed by atoms with Crippen molar-refractivity contribution < 1.29 is 8.78 Å². The number of hydrogen-bond acceptors (Lipinski definition) is 3. The van der Waals surface area contributed by atoms with Gasteiger partial charge in [-0.25, -0.2) is 8.78 Å². The normalized spacial score (nSPS) is 12.4. The van der Waals surface area contributed by atoms with Crippen LogP contribution in [0.25, 0.3) is 0 Å². The minimum atomic E-state index is -0.727. The summed E-state index contributed by atoms with van der Waals surface area (Å²) >= 11 is 1.60. The number of nitrogen functional groups attached to an aromatic ring is 1. The van der Waals surface area contributed by atoms with Crippen molar-refractivity contribution in [2.24, 2.45) is 0 Å². The lowest BCUT2D eigenvalue weighted by molar-refractivity contribution is 0.584. The second kappa shape index (κ2) is 4.94. The third-order valence-electron chi connectivity index (χ3n) is 2.99. The number of hydrogen-bond donors (Lipinski definition) is 1. The number of halogens is 2. The number of anilines is 2. The molecule has 0 bridgehead atoms. The summed E-state index contributed by atoms with van der Waals surface area (Å²) in [5, 5.41) is 1.97. The average Bonchev–Trinajstić information content (AvgIpc) is 2.85. The third-order valence-corrected chi connectivity index (χ3v) is 4.03. The number of nitrogens with two attached hydrogens (primary N) is 1. The van der Waals surface area contributed by atoms with Crippen LogP contribution in [0.5, 0.6) is 0 Å². The first-order chi connectivity index (χ1) is 8.50. The highest BCUT2D eigenvalue weighted by atomic mass is 32.1. The van der Waals surface area contributed by atoms with Crippen LogP contribution in [0.4, 0.5) is 20.2 Å². The van der Waals surface area contributed by atoms with E-state index in [1.54, 1.807) is 23.3 Å². The van der Waals surface area contributed by atoms with Gasteiger partial charge in [-0.05, 0) is 24.4 Å². The van der Waals surface area contributed by atoms with Gasteiger partial charge in [0, 0.05) is 18.0 Å². The van der Waals surface area contributed by atoms with E-state index in [2.05, 4.69) is 0 Å². The Bertz CT molecular complexity index is 540. The minimum absolute atomic E-state index is 0.00787. The zero-order valence-electron chi connectivity index (χ0n) is 10.2. The van der Waals surface area contributed by atoms with Gasteiger partial charge in [-0.3, -0.25) is 0 Å². The van der Waals surface area contributed by atoms with Crippen LogP contribution in [0.3, 0.4) is 0 Å². The van der Waals surface area contributed by atoms with Crippen molar-refractivity contribution in [3.05, 3.63) is 46.2 Å². The summed E-state index contributed by atoms with van der Waals surface area (Å²) in [4.78, 5) is 2.88. The Morgan fingerprint density at radius 3 is 2.67 bits per heavy atom. The molecule has 2 N–H and O–H groups in total. The zero-order chi connectivity index (χ0) is 13.3. The Balaban J connectivity index is 2.37. The van der Waals surface area contributed by atoms with Crippen molar-refractivity contribution >= 4 is 22.7 Å². The molecule has 0 aliphatic rings. The summed E-state index contributed by atoms with van der Waals surface area (Å²) in [6, 6.07) is 5.98. The van der Waals surface area contributed by atoms with Crippen LogP contribution in [0.2, 0.25) is 0 Å². The first-order valence-corrected chi connectivity index (χ1v) is 6.39. The van der Waals surface area contributed by atoms with Crippen molar-refractivity contribution in [1.82, 2.24) is 0 Å².